The van der Waals surface area contributed by atoms with Crippen LogP contribution in [-0.2, 0) is 4.79 Å². The van der Waals surface area contributed by atoms with Crippen molar-refractivity contribution in [1.29, 1.82) is 0 Å². The van der Waals surface area contributed by atoms with Crippen molar-refractivity contribution in [2.24, 2.45) is 0 Å². The number of hydrogen-bond acceptors (Lipinski definition) is 5. The Bertz CT molecular complexity index is 764. The summed E-state index contributed by atoms with van der Waals surface area (Å²) in [6.45, 7) is 4.32. The van der Waals surface area contributed by atoms with E-state index in [9.17, 15) is 9.59 Å². The molecule has 1 saturated carbocycles. The molecule has 1 aromatic carbocycles. The summed E-state index contributed by atoms with van der Waals surface area (Å²) in [6, 6.07) is 7.45. The Hall–Kier alpha value is -2.22. The van der Waals surface area contributed by atoms with Gasteiger partial charge in [0.1, 0.15) is 5.75 Å². The molecule has 0 radical (unpaired) electrons. The Morgan fingerprint density at radius 2 is 2.17 bits per heavy atom. The maximum atomic E-state index is 12.3. The first-order valence-corrected chi connectivity index (χ1v) is 8.83. The summed E-state index contributed by atoms with van der Waals surface area (Å²) in [6.07, 6.45) is 1.97. The van der Waals surface area contributed by atoms with Crippen LogP contribution in [0, 0.1) is 0 Å². The molecule has 2 aromatic rings. The number of amides is 1. The predicted octanol–water partition coefficient (Wildman–Crippen LogP) is 2.42. The Morgan fingerprint density at radius 3 is 2.79 bits per heavy atom. The van der Waals surface area contributed by atoms with Crippen LogP contribution in [-0.4, -0.2) is 32.5 Å². The van der Waals surface area contributed by atoms with Crippen LogP contribution in [0.3, 0.4) is 0 Å². The minimum atomic E-state index is -0.371. The average molecular weight is 348 g/mol. The van der Waals surface area contributed by atoms with Crippen LogP contribution < -0.4 is 15.7 Å². The SMILES string of the molecule is CCOc1ccc(NC(=O)[C@@H](C)Sc2n[nH]c(=O)n2C2CC2)cc1. The number of carbonyl (C=O) groups excluding carboxylic acids is 1. The van der Waals surface area contributed by atoms with Gasteiger partial charge in [-0.3, -0.25) is 9.36 Å². The summed E-state index contributed by atoms with van der Waals surface area (Å²) in [7, 11) is 0. The van der Waals surface area contributed by atoms with Gasteiger partial charge in [-0.15, -0.1) is 5.10 Å². The number of nitrogens with zero attached hydrogens (tertiary/aromatic N) is 2. The van der Waals surface area contributed by atoms with Crippen molar-refractivity contribution in [3.8, 4) is 5.75 Å². The normalized spacial score (nSPS) is 15.1. The van der Waals surface area contributed by atoms with Crippen LogP contribution in [0.5, 0.6) is 5.75 Å². The zero-order chi connectivity index (χ0) is 17.1. The molecule has 3 rings (SSSR count). The molecule has 24 heavy (non-hydrogen) atoms. The minimum Gasteiger partial charge on any atom is -0.494 e. The summed E-state index contributed by atoms with van der Waals surface area (Å²) in [4.78, 5) is 24.1. The fourth-order valence-corrected chi connectivity index (χ4v) is 3.21. The lowest BCUT2D eigenvalue weighted by atomic mass is 10.3. The third-order valence-corrected chi connectivity index (χ3v) is 4.73. The van der Waals surface area contributed by atoms with E-state index in [0.29, 0.717) is 17.5 Å². The molecule has 7 nitrogen and oxygen atoms in total. The molecular formula is C16H20N4O3S. The van der Waals surface area contributed by atoms with Crippen molar-refractivity contribution < 1.29 is 9.53 Å². The smallest absolute Gasteiger partial charge is 0.344 e. The van der Waals surface area contributed by atoms with E-state index in [2.05, 4.69) is 15.5 Å². The monoisotopic (exact) mass is 348 g/mol. The van der Waals surface area contributed by atoms with E-state index in [1.165, 1.54) is 11.8 Å². The number of H-pyrrole nitrogens is 1. The molecule has 0 bridgehead atoms. The van der Waals surface area contributed by atoms with Gasteiger partial charge in [0.2, 0.25) is 5.91 Å². The standard InChI is InChI=1S/C16H20N4O3S/c1-3-23-13-8-4-11(5-9-13)17-14(21)10(2)24-16-19-18-15(22)20(16)12-6-7-12/h4-5,8-10,12H,3,6-7H2,1-2H3,(H,17,21)(H,18,22)/t10-/m1/s1. The second kappa shape index (κ2) is 7.12. The second-order valence-electron chi connectivity index (χ2n) is 5.62. The van der Waals surface area contributed by atoms with Gasteiger partial charge in [-0.25, -0.2) is 9.89 Å². The van der Waals surface area contributed by atoms with Gasteiger partial charge in [-0.2, -0.15) is 0 Å². The van der Waals surface area contributed by atoms with E-state index < -0.39 is 0 Å². The molecule has 2 N–H and O–H groups in total. The topological polar surface area (TPSA) is 89.0 Å². The fourth-order valence-electron chi connectivity index (χ4n) is 2.28. The molecule has 1 heterocycles. The second-order valence-corrected chi connectivity index (χ2v) is 6.93. The first kappa shape index (κ1) is 16.6. The summed E-state index contributed by atoms with van der Waals surface area (Å²) in [5, 5.41) is 9.55. The van der Waals surface area contributed by atoms with Gasteiger partial charge in [0.15, 0.2) is 5.16 Å². The molecule has 1 aromatic heterocycles. The van der Waals surface area contributed by atoms with Gasteiger partial charge in [0.25, 0.3) is 0 Å². The van der Waals surface area contributed by atoms with Crippen molar-refractivity contribution in [2.45, 2.75) is 43.1 Å². The fraction of sp³-hybridized carbons (Fsp3) is 0.438. The van der Waals surface area contributed by atoms with Gasteiger partial charge in [-0.05, 0) is 51.0 Å². The van der Waals surface area contributed by atoms with E-state index >= 15 is 0 Å². The van der Waals surface area contributed by atoms with Gasteiger partial charge < -0.3 is 10.1 Å². The number of rotatable bonds is 7. The third kappa shape index (κ3) is 3.81. The van der Waals surface area contributed by atoms with E-state index in [1.54, 1.807) is 23.6 Å². The average Bonchev–Trinajstić information content (AvgIpc) is 3.33. The molecule has 128 valence electrons. The van der Waals surface area contributed by atoms with Crippen molar-refractivity contribution in [3.63, 3.8) is 0 Å². The van der Waals surface area contributed by atoms with Crippen LogP contribution in [0.1, 0.15) is 32.7 Å². The van der Waals surface area contributed by atoms with Crippen LogP contribution in [0.15, 0.2) is 34.2 Å². The number of hydrogen-bond donors (Lipinski definition) is 2. The van der Waals surface area contributed by atoms with Gasteiger partial charge in [0.05, 0.1) is 11.9 Å². The number of aromatic amines is 1. The summed E-state index contributed by atoms with van der Waals surface area (Å²) in [5.74, 6) is 0.629. The van der Waals surface area contributed by atoms with Gasteiger partial charge >= 0.3 is 5.69 Å². The largest absolute Gasteiger partial charge is 0.494 e. The van der Waals surface area contributed by atoms with Gasteiger partial charge in [-0.1, -0.05) is 11.8 Å². The minimum absolute atomic E-state index is 0.137. The highest BCUT2D eigenvalue weighted by molar-refractivity contribution is 8.00. The molecular weight excluding hydrogens is 328 g/mol. The van der Waals surface area contributed by atoms with E-state index in [1.807, 2.05) is 19.1 Å². The number of benzene rings is 1. The first-order valence-electron chi connectivity index (χ1n) is 7.95. The quantitative estimate of drug-likeness (QED) is 0.750. The highest BCUT2D eigenvalue weighted by Crippen LogP contribution is 2.36. The highest BCUT2D eigenvalue weighted by Gasteiger charge is 2.30. The number of ether oxygens (including phenoxy) is 1. The van der Waals surface area contributed by atoms with E-state index in [0.717, 1.165) is 18.6 Å². The van der Waals surface area contributed by atoms with Crippen LogP contribution in [0.25, 0.3) is 0 Å². The summed E-state index contributed by atoms with van der Waals surface area (Å²) < 4.78 is 7.02. The lowest BCUT2D eigenvalue weighted by Crippen LogP contribution is -2.23. The maximum Gasteiger partial charge on any atom is 0.344 e. The molecule has 8 heteroatoms. The Kier molecular flexibility index (Phi) is 4.94. The van der Waals surface area contributed by atoms with Crippen LogP contribution in [0.2, 0.25) is 0 Å². The predicted molar refractivity (Wildman–Crippen MR) is 92.7 cm³/mol. The Balaban J connectivity index is 1.61. The lowest BCUT2D eigenvalue weighted by Gasteiger charge is -2.12. The van der Waals surface area contributed by atoms with Crippen molar-refractivity contribution in [3.05, 3.63) is 34.7 Å². The molecule has 0 aliphatic heterocycles. The van der Waals surface area contributed by atoms with Crippen LogP contribution >= 0.6 is 11.8 Å². The molecule has 1 amide bonds. The number of anilines is 1. The molecule has 1 atom stereocenters. The first-order chi connectivity index (χ1) is 11.6. The van der Waals surface area contributed by atoms with Gasteiger partial charge in [0, 0.05) is 11.7 Å². The molecule has 1 aliphatic carbocycles. The summed E-state index contributed by atoms with van der Waals surface area (Å²) >= 11 is 1.28. The maximum absolute atomic E-state index is 12.3. The Labute approximate surface area is 143 Å². The molecule has 0 spiro atoms. The number of carbonyl (C=O) groups is 1. The summed E-state index contributed by atoms with van der Waals surface area (Å²) in [5.41, 5.74) is 0.497. The molecule has 1 aliphatic rings. The number of thioether (sulfide) groups is 1. The van der Waals surface area contributed by atoms with Crippen molar-refractivity contribution in [1.82, 2.24) is 14.8 Å². The molecule has 0 unspecified atom stereocenters. The lowest BCUT2D eigenvalue weighted by molar-refractivity contribution is -0.115. The van der Waals surface area contributed by atoms with E-state index in [4.69, 9.17) is 4.74 Å². The molecule has 0 saturated heterocycles. The zero-order valence-corrected chi connectivity index (χ0v) is 14.4. The molecule has 1 fully saturated rings. The third-order valence-electron chi connectivity index (χ3n) is 3.67. The van der Waals surface area contributed by atoms with E-state index in [-0.39, 0.29) is 22.9 Å². The number of nitrogens with one attached hydrogen (secondary N) is 2. The van der Waals surface area contributed by atoms with Crippen molar-refractivity contribution >= 4 is 23.4 Å². The number of aromatic nitrogens is 3. The highest BCUT2D eigenvalue weighted by atomic mass is 32.2. The Morgan fingerprint density at radius 1 is 1.46 bits per heavy atom. The zero-order valence-electron chi connectivity index (χ0n) is 13.6. The van der Waals surface area contributed by atoms with Crippen molar-refractivity contribution in [2.75, 3.05) is 11.9 Å². The van der Waals surface area contributed by atoms with Crippen LogP contribution in [0.4, 0.5) is 5.69 Å².